The third-order valence-electron chi connectivity index (χ3n) is 4.20. The first kappa shape index (κ1) is 14.1. The molecule has 0 unspecified atom stereocenters. The van der Waals surface area contributed by atoms with Gasteiger partial charge in [-0.25, -0.2) is 0 Å². The van der Waals surface area contributed by atoms with Crippen molar-refractivity contribution in [3.05, 3.63) is 54.2 Å². The molecule has 3 heteroatoms. The maximum absolute atomic E-state index is 5.76. The highest BCUT2D eigenvalue weighted by Crippen LogP contribution is 2.32. The summed E-state index contributed by atoms with van der Waals surface area (Å²) >= 11 is 0. The lowest BCUT2D eigenvalue weighted by Crippen LogP contribution is -2.30. The highest BCUT2D eigenvalue weighted by Gasteiger charge is 2.15. The number of nitrogens with zero attached hydrogens (tertiary/aromatic N) is 2. The Labute approximate surface area is 126 Å². The van der Waals surface area contributed by atoms with Crippen LogP contribution >= 0.6 is 0 Å². The van der Waals surface area contributed by atoms with E-state index < -0.39 is 0 Å². The van der Waals surface area contributed by atoms with Crippen molar-refractivity contribution in [2.75, 3.05) is 18.0 Å². The van der Waals surface area contributed by atoms with Gasteiger partial charge in [0, 0.05) is 31.4 Å². The minimum absolute atomic E-state index is 0.594. The fourth-order valence-corrected chi connectivity index (χ4v) is 2.96. The van der Waals surface area contributed by atoms with Crippen LogP contribution < -0.4 is 10.6 Å². The predicted molar refractivity (Wildman–Crippen MR) is 88.0 cm³/mol. The first-order chi connectivity index (χ1) is 10.3. The van der Waals surface area contributed by atoms with E-state index in [1.165, 1.54) is 40.8 Å². The van der Waals surface area contributed by atoms with Gasteiger partial charge >= 0.3 is 0 Å². The highest BCUT2D eigenvalue weighted by atomic mass is 15.1. The summed E-state index contributed by atoms with van der Waals surface area (Å²) in [4.78, 5) is 6.74. The number of anilines is 1. The number of aryl methyl sites for hydroxylation is 1. The Balaban J connectivity index is 2.00. The van der Waals surface area contributed by atoms with Gasteiger partial charge in [-0.15, -0.1) is 0 Å². The molecule has 21 heavy (non-hydrogen) atoms. The van der Waals surface area contributed by atoms with E-state index in [4.69, 9.17) is 5.73 Å². The fraction of sp³-hybridized carbons (Fsp3) is 0.333. The monoisotopic (exact) mass is 280 g/mol. The standard InChI is InChI=1S/C18H22N3/c1-14-11-15(5-6-16(14)12-19)17-7-8-20-13-18(17)21-9-3-2-4-10-21/h3,5-8,11,13H,2,4,9-10,12,19H2,1H3. The average Bonchev–Trinajstić information content (AvgIpc) is 2.55. The molecule has 1 aliphatic heterocycles. The van der Waals surface area contributed by atoms with Crippen LogP contribution in [0.5, 0.6) is 0 Å². The van der Waals surface area contributed by atoms with Crippen molar-refractivity contribution in [2.45, 2.75) is 26.3 Å². The summed E-state index contributed by atoms with van der Waals surface area (Å²) in [6, 6.07) is 8.65. The molecule has 0 bridgehead atoms. The van der Waals surface area contributed by atoms with E-state index in [2.05, 4.69) is 47.5 Å². The molecular formula is C18H22N3. The molecule has 109 valence electrons. The number of rotatable bonds is 3. The zero-order chi connectivity index (χ0) is 14.7. The van der Waals surface area contributed by atoms with Crippen LogP contribution in [0.3, 0.4) is 0 Å². The third kappa shape index (κ3) is 2.93. The largest absolute Gasteiger partial charge is 0.370 e. The number of piperidine rings is 1. The fourth-order valence-electron chi connectivity index (χ4n) is 2.96. The predicted octanol–water partition coefficient (Wildman–Crippen LogP) is 3.32. The zero-order valence-electron chi connectivity index (χ0n) is 12.5. The Morgan fingerprint density at radius 3 is 2.90 bits per heavy atom. The first-order valence-electron chi connectivity index (χ1n) is 7.60. The van der Waals surface area contributed by atoms with Crippen LogP contribution in [0.25, 0.3) is 11.1 Å². The van der Waals surface area contributed by atoms with Crippen molar-refractivity contribution < 1.29 is 0 Å². The Kier molecular flexibility index (Phi) is 4.20. The molecule has 1 fully saturated rings. The molecule has 0 saturated carbocycles. The molecule has 1 aliphatic rings. The highest BCUT2D eigenvalue weighted by molar-refractivity contribution is 5.78. The second kappa shape index (κ2) is 6.27. The van der Waals surface area contributed by atoms with E-state index >= 15 is 0 Å². The Bertz CT molecular complexity index is 616. The summed E-state index contributed by atoms with van der Waals surface area (Å²) in [7, 11) is 0. The van der Waals surface area contributed by atoms with E-state index in [1.54, 1.807) is 0 Å². The van der Waals surface area contributed by atoms with Crippen molar-refractivity contribution in [1.29, 1.82) is 0 Å². The molecule has 1 aromatic heterocycles. The molecule has 0 aliphatic carbocycles. The van der Waals surface area contributed by atoms with Crippen LogP contribution in [0.2, 0.25) is 0 Å². The lowest BCUT2D eigenvalue weighted by atomic mass is 9.98. The van der Waals surface area contributed by atoms with Gasteiger partial charge in [0.25, 0.3) is 0 Å². The van der Waals surface area contributed by atoms with Gasteiger partial charge in [0.05, 0.1) is 11.9 Å². The van der Waals surface area contributed by atoms with Crippen LogP contribution in [0, 0.1) is 13.3 Å². The number of aromatic nitrogens is 1. The summed E-state index contributed by atoms with van der Waals surface area (Å²) in [5.41, 5.74) is 12.0. The SMILES string of the molecule is Cc1cc(-c2ccncc2N2C[CH]CCC2)ccc1CN. The molecule has 1 saturated heterocycles. The van der Waals surface area contributed by atoms with E-state index in [0.717, 1.165) is 13.1 Å². The second-order valence-electron chi connectivity index (χ2n) is 5.62. The summed E-state index contributed by atoms with van der Waals surface area (Å²) in [6.07, 6.45) is 8.65. The zero-order valence-corrected chi connectivity index (χ0v) is 12.5. The minimum Gasteiger partial charge on any atom is -0.370 e. The maximum atomic E-state index is 5.76. The Morgan fingerprint density at radius 2 is 2.19 bits per heavy atom. The van der Waals surface area contributed by atoms with Crippen molar-refractivity contribution >= 4 is 5.69 Å². The third-order valence-corrected chi connectivity index (χ3v) is 4.20. The lowest BCUT2D eigenvalue weighted by Gasteiger charge is -2.30. The number of nitrogens with two attached hydrogens (primary N) is 1. The van der Waals surface area contributed by atoms with Gasteiger partial charge in [0.2, 0.25) is 0 Å². The van der Waals surface area contributed by atoms with Crippen molar-refractivity contribution in [3.8, 4) is 11.1 Å². The number of pyridine rings is 1. The first-order valence-corrected chi connectivity index (χ1v) is 7.60. The van der Waals surface area contributed by atoms with Gasteiger partial charge in [-0.3, -0.25) is 4.98 Å². The average molecular weight is 280 g/mol. The van der Waals surface area contributed by atoms with E-state index in [9.17, 15) is 0 Å². The second-order valence-corrected chi connectivity index (χ2v) is 5.62. The number of hydrogen-bond donors (Lipinski definition) is 1. The molecular weight excluding hydrogens is 258 g/mol. The minimum atomic E-state index is 0.594. The molecule has 0 spiro atoms. The van der Waals surface area contributed by atoms with Gasteiger partial charge in [-0.05, 0) is 48.9 Å². The van der Waals surface area contributed by atoms with Crippen LogP contribution in [-0.2, 0) is 6.54 Å². The molecule has 1 aromatic carbocycles. The Morgan fingerprint density at radius 1 is 1.29 bits per heavy atom. The van der Waals surface area contributed by atoms with Gasteiger partial charge in [-0.2, -0.15) is 0 Å². The van der Waals surface area contributed by atoms with Crippen molar-refractivity contribution in [2.24, 2.45) is 5.73 Å². The summed E-state index contributed by atoms with van der Waals surface area (Å²) in [5, 5.41) is 0. The molecule has 3 rings (SSSR count). The molecule has 0 amide bonds. The molecule has 2 aromatic rings. The number of benzene rings is 1. The molecule has 2 N–H and O–H groups in total. The smallest absolute Gasteiger partial charge is 0.0632 e. The molecule has 0 atom stereocenters. The quantitative estimate of drug-likeness (QED) is 0.937. The van der Waals surface area contributed by atoms with Crippen LogP contribution in [0.15, 0.2) is 36.7 Å². The van der Waals surface area contributed by atoms with Gasteiger partial charge in [0.1, 0.15) is 0 Å². The molecule has 3 nitrogen and oxygen atoms in total. The summed E-state index contributed by atoms with van der Waals surface area (Å²) in [5.74, 6) is 0. The van der Waals surface area contributed by atoms with Gasteiger partial charge < -0.3 is 10.6 Å². The maximum Gasteiger partial charge on any atom is 0.0632 e. The number of hydrogen-bond acceptors (Lipinski definition) is 3. The normalized spacial score (nSPS) is 15.2. The van der Waals surface area contributed by atoms with Gasteiger partial charge in [-0.1, -0.05) is 18.2 Å². The van der Waals surface area contributed by atoms with E-state index in [-0.39, 0.29) is 0 Å². The van der Waals surface area contributed by atoms with Crippen LogP contribution in [0.4, 0.5) is 5.69 Å². The lowest BCUT2D eigenvalue weighted by molar-refractivity contribution is 0.671. The molecule has 1 radical (unpaired) electrons. The van der Waals surface area contributed by atoms with Crippen molar-refractivity contribution in [1.82, 2.24) is 4.98 Å². The summed E-state index contributed by atoms with van der Waals surface area (Å²) < 4.78 is 0. The van der Waals surface area contributed by atoms with Crippen LogP contribution in [0.1, 0.15) is 24.0 Å². The Hall–Kier alpha value is -1.87. The van der Waals surface area contributed by atoms with Gasteiger partial charge in [0.15, 0.2) is 0 Å². The summed E-state index contributed by atoms with van der Waals surface area (Å²) in [6.45, 7) is 4.84. The van der Waals surface area contributed by atoms with Crippen molar-refractivity contribution in [3.63, 3.8) is 0 Å². The van der Waals surface area contributed by atoms with E-state index in [0.29, 0.717) is 6.54 Å². The topological polar surface area (TPSA) is 42.2 Å². The van der Waals surface area contributed by atoms with E-state index in [1.807, 2.05) is 12.4 Å². The molecule has 2 heterocycles. The van der Waals surface area contributed by atoms with Crippen LogP contribution in [-0.4, -0.2) is 18.1 Å².